The van der Waals surface area contributed by atoms with Gasteiger partial charge in [-0.15, -0.1) is 10.2 Å². The molecule has 34 heavy (non-hydrogen) atoms. The quantitative estimate of drug-likeness (QED) is 0.539. The lowest BCUT2D eigenvalue weighted by Crippen LogP contribution is -2.51. The van der Waals surface area contributed by atoms with Crippen molar-refractivity contribution in [2.75, 3.05) is 6.26 Å². The maximum atomic E-state index is 12.2. The molecule has 13 heteroatoms. The Kier molecular flexibility index (Phi) is 6.69. The molecular formula is C21H26N4O8S. The third-order valence-corrected chi connectivity index (χ3v) is 5.51. The summed E-state index contributed by atoms with van der Waals surface area (Å²) in [5.74, 6) is -0.537. The average molecular weight is 495 g/mol. The minimum absolute atomic E-state index is 0.0144. The highest BCUT2D eigenvalue weighted by molar-refractivity contribution is 7.90. The number of carbonyl (C=O) groups is 3. The van der Waals surface area contributed by atoms with Crippen LogP contribution in [0.3, 0.4) is 0 Å². The molecule has 1 fully saturated rings. The Morgan fingerprint density at radius 1 is 1.09 bits per heavy atom. The monoisotopic (exact) mass is 494 g/mol. The van der Waals surface area contributed by atoms with Crippen molar-refractivity contribution in [1.29, 1.82) is 0 Å². The summed E-state index contributed by atoms with van der Waals surface area (Å²) in [7, 11) is -3.60. The first-order valence-corrected chi connectivity index (χ1v) is 12.2. The summed E-state index contributed by atoms with van der Waals surface area (Å²) < 4.78 is 34.3. The van der Waals surface area contributed by atoms with Crippen molar-refractivity contribution < 1.29 is 36.8 Å². The number of rotatable bonds is 8. The Labute approximate surface area is 196 Å². The number of nitrogens with zero attached hydrogens (tertiary/aromatic N) is 3. The van der Waals surface area contributed by atoms with Crippen LogP contribution in [-0.2, 0) is 24.3 Å². The van der Waals surface area contributed by atoms with Crippen LogP contribution in [0.1, 0.15) is 47.0 Å². The Morgan fingerprint density at radius 2 is 1.68 bits per heavy atom. The largest absolute Gasteiger partial charge is 0.488 e. The van der Waals surface area contributed by atoms with Gasteiger partial charge in [-0.2, -0.15) is 0 Å². The highest BCUT2D eigenvalue weighted by Gasteiger charge is 2.36. The van der Waals surface area contributed by atoms with Gasteiger partial charge in [-0.1, -0.05) is 5.10 Å². The van der Waals surface area contributed by atoms with Gasteiger partial charge in [0.2, 0.25) is 15.7 Å². The van der Waals surface area contributed by atoms with Crippen molar-refractivity contribution >= 4 is 27.7 Å². The number of ether oxygens (including phenoxy) is 1. The smallest absolute Gasteiger partial charge is 0.432 e. The summed E-state index contributed by atoms with van der Waals surface area (Å²) in [6, 6.07) is 6.63. The summed E-state index contributed by atoms with van der Waals surface area (Å²) in [5.41, 5.74) is -1.03. The number of hydrogen-bond donors (Lipinski definition) is 1. The van der Waals surface area contributed by atoms with Crippen LogP contribution in [-0.4, -0.2) is 59.0 Å². The molecule has 12 nitrogen and oxygen atoms in total. The summed E-state index contributed by atoms with van der Waals surface area (Å²) in [6.07, 6.45) is 0.438. The zero-order valence-electron chi connectivity index (χ0n) is 19.4. The van der Waals surface area contributed by atoms with Crippen molar-refractivity contribution in [3.05, 3.63) is 24.3 Å². The Bertz CT molecular complexity index is 1190. The van der Waals surface area contributed by atoms with Crippen LogP contribution < -0.4 is 10.1 Å². The van der Waals surface area contributed by atoms with Crippen LogP contribution in [0, 0.1) is 0 Å². The number of sulfone groups is 1. The van der Waals surface area contributed by atoms with E-state index in [0.717, 1.165) is 6.26 Å². The average Bonchev–Trinajstić information content (AvgIpc) is 3.30. The maximum Gasteiger partial charge on any atom is 0.432 e. The minimum atomic E-state index is -3.60. The van der Waals surface area contributed by atoms with E-state index in [4.69, 9.17) is 14.0 Å². The highest BCUT2D eigenvalue weighted by atomic mass is 32.2. The van der Waals surface area contributed by atoms with Crippen molar-refractivity contribution in [3.8, 4) is 17.2 Å². The van der Waals surface area contributed by atoms with Gasteiger partial charge < -0.3 is 19.3 Å². The van der Waals surface area contributed by atoms with Gasteiger partial charge in [-0.25, -0.2) is 13.2 Å². The normalized spacial score (nSPS) is 14.9. The van der Waals surface area contributed by atoms with Crippen LogP contribution >= 0.6 is 0 Å². The number of amides is 3. The van der Waals surface area contributed by atoms with Crippen LogP contribution in [0.15, 0.2) is 33.9 Å². The zero-order chi connectivity index (χ0) is 25.3. The first-order valence-electron chi connectivity index (χ1n) is 10.3. The molecule has 1 aromatic heterocycles. The molecular weight excluding hydrogens is 468 g/mol. The summed E-state index contributed by atoms with van der Waals surface area (Å²) >= 11 is 0. The molecule has 0 aliphatic carbocycles. The molecule has 0 radical (unpaired) electrons. The summed E-state index contributed by atoms with van der Waals surface area (Å²) in [6.45, 7) is 7.18. The van der Waals surface area contributed by atoms with E-state index in [2.05, 4.69) is 15.5 Å². The van der Waals surface area contributed by atoms with Crippen LogP contribution in [0.4, 0.5) is 4.79 Å². The Morgan fingerprint density at radius 3 is 2.21 bits per heavy atom. The van der Waals surface area contributed by atoms with Gasteiger partial charge in [0.25, 0.3) is 11.8 Å². The SMILES string of the molecule is CC(C)(CC(C)(C)Oc1ccc(-c2nnc(S(C)(=O)=O)o2)cc1)NC(=O)ON1C(=O)CCC1=O. The van der Waals surface area contributed by atoms with Gasteiger partial charge in [0.1, 0.15) is 11.4 Å². The molecule has 2 heterocycles. The topological polar surface area (TPSA) is 158 Å². The third-order valence-electron chi connectivity index (χ3n) is 4.71. The molecule has 3 rings (SSSR count). The van der Waals surface area contributed by atoms with E-state index < -0.39 is 44.1 Å². The van der Waals surface area contributed by atoms with Crippen molar-refractivity contribution in [2.45, 2.75) is 63.3 Å². The standard InChI is InChI=1S/C21H26N4O8S/c1-20(2,22-18(28)33-25-15(26)10-11-16(25)27)12-21(3,4)32-14-8-6-13(7-9-14)17-23-24-19(31-17)34(5,29)30/h6-9H,10-12H2,1-5H3,(H,22,28). The van der Waals surface area contributed by atoms with Gasteiger partial charge in [0.05, 0.1) is 0 Å². The number of hydroxylamine groups is 2. The van der Waals surface area contributed by atoms with Crippen molar-refractivity contribution in [3.63, 3.8) is 0 Å². The lowest BCUT2D eigenvalue weighted by atomic mass is 9.89. The Balaban J connectivity index is 1.60. The molecule has 0 saturated carbocycles. The van der Waals surface area contributed by atoms with Crippen LogP contribution in [0.25, 0.3) is 11.5 Å². The van der Waals surface area contributed by atoms with E-state index in [0.29, 0.717) is 22.8 Å². The number of benzene rings is 1. The molecule has 1 N–H and O–H groups in total. The molecule has 3 amide bonds. The van der Waals surface area contributed by atoms with Crippen LogP contribution in [0.5, 0.6) is 5.75 Å². The summed E-state index contributed by atoms with van der Waals surface area (Å²) in [5, 5.41) is 9.94. The molecule has 2 aromatic rings. The zero-order valence-corrected chi connectivity index (χ0v) is 20.3. The summed E-state index contributed by atoms with van der Waals surface area (Å²) in [4.78, 5) is 40.3. The molecule has 0 atom stereocenters. The number of aromatic nitrogens is 2. The van der Waals surface area contributed by atoms with Crippen molar-refractivity contribution in [1.82, 2.24) is 20.6 Å². The predicted molar refractivity (Wildman–Crippen MR) is 117 cm³/mol. The fourth-order valence-electron chi connectivity index (χ4n) is 3.65. The van der Waals surface area contributed by atoms with Gasteiger partial charge in [0.15, 0.2) is 0 Å². The first kappa shape index (κ1) is 25.1. The molecule has 1 aliphatic rings. The number of carbonyl (C=O) groups excluding carboxylic acids is 3. The van der Waals surface area contributed by atoms with E-state index >= 15 is 0 Å². The highest BCUT2D eigenvalue weighted by Crippen LogP contribution is 2.29. The molecule has 0 unspecified atom stereocenters. The number of imide groups is 1. The second-order valence-electron chi connectivity index (χ2n) is 9.18. The fourth-order valence-corrected chi connectivity index (χ4v) is 4.06. The van der Waals surface area contributed by atoms with E-state index in [1.165, 1.54) is 0 Å². The predicted octanol–water partition coefficient (Wildman–Crippen LogP) is 2.26. The molecule has 184 valence electrons. The molecule has 0 spiro atoms. The van der Waals surface area contributed by atoms with Gasteiger partial charge in [-0.3, -0.25) is 9.59 Å². The van der Waals surface area contributed by atoms with E-state index in [9.17, 15) is 22.8 Å². The third kappa shape index (κ3) is 6.31. The molecule has 0 bridgehead atoms. The number of hydrogen-bond acceptors (Lipinski definition) is 10. The fraction of sp³-hybridized carbons (Fsp3) is 0.476. The van der Waals surface area contributed by atoms with Gasteiger partial charge >= 0.3 is 11.3 Å². The first-order chi connectivity index (χ1) is 15.7. The minimum Gasteiger partial charge on any atom is -0.488 e. The number of nitrogens with one attached hydrogen (secondary N) is 1. The van der Waals surface area contributed by atoms with Crippen molar-refractivity contribution in [2.24, 2.45) is 0 Å². The van der Waals surface area contributed by atoms with Crippen LogP contribution in [0.2, 0.25) is 0 Å². The van der Waals surface area contributed by atoms with E-state index in [-0.39, 0.29) is 18.7 Å². The lowest BCUT2D eigenvalue weighted by Gasteiger charge is -2.35. The Hall–Kier alpha value is -3.48. The molecule has 1 aliphatic heterocycles. The van der Waals surface area contributed by atoms with E-state index in [1.807, 2.05) is 13.8 Å². The maximum absolute atomic E-state index is 12.2. The molecule has 1 saturated heterocycles. The second-order valence-corrected chi connectivity index (χ2v) is 11.1. The molecule has 1 aromatic carbocycles. The van der Waals surface area contributed by atoms with Gasteiger partial charge in [-0.05, 0) is 52.0 Å². The van der Waals surface area contributed by atoms with Gasteiger partial charge in [0, 0.05) is 36.6 Å². The van der Waals surface area contributed by atoms with E-state index in [1.54, 1.807) is 38.1 Å². The lowest BCUT2D eigenvalue weighted by molar-refractivity contribution is -0.172. The second kappa shape index (κ2) is 9.05.